The van der Waals surface area contributed by atoms with Gasteiger partial charge in [-0.05, 0) is 19.3 Å². The predicted octanol–water partition coefficient (Wildman–Crippen LogP) is 2.43. The molecule has 1 atom stereocenters. The number of alkyl halides is 1. The van der Waals surface area contributed by atoms with Crippen molar-refractivity contribution in [1.82, 2.24) is 15.0 Å². The van der Waals surface area contributed by atoms with Crippen LogP contribution in [0.15, 0.2) is 6.20 Å². The zero-order chi connectivity index (χ0) is 9.14. The van der Waals surface area contributed by atoms with E-state index in [1.54, 1.807) is 0 Å². The monoisotopic (exact) mass is 279 g/mol. The van der Waals surface area contributed by atoms with Crippen LogP contribution in [0.1, 0.15) is 30.5 Å². The Hall–Kier alpha value is -0.130. The topological polar surface area (TPSA) is 30.7 Å². The lowest BCUT2D eigenvalue weighted by molar-refractivity contribution is 0.624. The first-order valence-electron chi connectivity index (χ1n) is 4.14. The van der Waals surface area contributed by atoms with Crippen LogP contribution in [0, 0.1) is 5.92 Å². The molecule has 0 bridgehead atoms. The van der Waals surface area contributed by atoms with Crippen LogP contribution in [0.25, 0.3) is 0 Å². The summed E-state index contributed by atoms with van der Waals surface area (Å²) >= 11 is 2.32. The third-order valence-electron chi connectivity index (χ3n) is 1.54. The first kappa shape index (κ1) is 9.95. The van der Waals surface area contributed by atoms with Crippen molar-refractivity contribution in [3.8, 4) is 0 Å². The molecule has 0 radical (unpaired) electrons. The fourth-order valence-corrected chi connectivity index (χ4v) is 1.27. The summed E-state index contributed by atoms with van der Waals surface area (Å²) in [6, 6.07) is 0. The maximum absolute atomic E-state index is 4.09. The average molecular weight is 279 g/mol. The number of nitrogens with zero attached hydrogens (tertiary/aromatic N) is 3. The summed E-state index contributed by atoms with van der Waals surface area (Å²) in [7, 11) is 0. The zero-order valence-electron chi connectivity index (χ0n) is 7.66. The minimum absolute atomic E-state index is 0.385. The third kappa shape index (κ3) is 2.73. The average Bonchev–Trinajstić information content (AvgIpc) is 2.34. The van der Waals surface area contributed by atoms with E-state index in [2.05, 4.69) is 53.7 Å². The second-order valence-corrected chi connectivity index (χ2v) is 5.16. The highest BCUT2D eigenvalue weighted by atomic mass is 127. The molecule has 12 heavy (non-hydrogen) atoms. The van der Waals surface area contributed by atoms with Crippen LogP contribution in [0.2, 0.25) is 0 Å². The minimum Gasteiger partial charge on any atom is -0.240 e. The molecular weight excluding hydrogens is 265 g/mol. The Balaban J connectivity index is 2.64. The molecule has 1 heterocycles. The molecule has 0 amide bonds. The van der Waals surface area contributed by atoms with Gasteiger partial charge in [-0.25, -0.2) is 4.68 Å². The van der Waals surface area contributed by atoms with Gasteiger partial charge in [-0.1, -0.05) is 41.7 Å². The van der Waals surface area contributed by atoms with Gasteiger partial charge in [0.05, 0.1) is 5.69 Å². The van der Waals surface area contributed by atoms with Crippen molar-refractivity contribution >= 4 is 22.6 Å². The molecule has 68 valence electrons. The second kappa shape index (κ2) is 4.20. The van der Waals surface area contributed by atoms with Gasteiger partial charge in [0.2, 0.25) is 0 Å². The molecule has 0 spiro atoms. The van der Waals surface area contributed by atoms with E-state index in [1.807, 2.05) is 10.9 Å². The molecular formula is C8H14IN3. The van der Waals surface area contributed by atoms with Gasteiger partial charge in [0.25, 0.3) is 0 Å². The van der Waals surface area contributed by atoms with Gasteiger partial charge in [-0.3, -0.25) is 0 Å². The zero-order valence-corrected chi connectivity index (χ0v) is 9.82. The van der Waals surface area contributed by atoms with Gasteiger partial charge >= 0.3 is 0 Å². The molecule has 1 unspecified atom stereocenters. The molecule has 0 aliphatic heterocycles. The Kier molecular flexibility index (Phi) is 3.49. The van der Waals surface area contributed by atoms with Gasteiger partial charge < -0.3 is 0 Å². The summed E-state index contributed by atoms with van der Waals surface area (Å²) in [5.74, 6) is 0.652. The summed E-state index contributed by atoms with van der Waals surface area (Å²) < 4.78 is 2.27. The normalized spacial score (nSPS) is 13.8. The van der Waals surface area contributed by atoms with Crippen LogP contribution in [0.3, 0.4) is 0 Å². The lowest BCUT2D eigenvalue weighted by atomic mass is 10.1. The first-order valence-corrected chi connectivity index (χ1v) is 5.39. The van der Waals surface area contributed by atoms with Crippen LogP contribution in [0.4, 0.5) is 0 Å². The first-order chi connectivity index (χ1) is 5.59. The smallest absolute Gasteiger partial charge is 0.102 e. The molecule has 0 fully saturated rings. The van der Waals surface area contributed by atoms with E-state index in [4.69, 9.17) is 0 Å². The summed E-state index contributed by atoms with van der Waals surface area (Å²) in [6.45, 7) is 6.47. The van der Waals surface area contributed by atoms with E-state index in [-0.39, 0.29) is 0 Å². The van der Waals surface area contributed by atoms with Crippen LogP contribution >= 0.6 is 22.6 Å². The third-order valence-corrected chi connectivity index (χ3v) is 2.11. The fourth-order valence-electron chi connectivity index (χ4n) is 0.999. The number of hydrogen-bond donors (Lipinski definition) is 0. The van der Waals surface area contributed by atoms with Crippen molar-refractivity contribution in [1.29, 1.82) is 0 Å². The molecule has 1 rings (SSSR count). The highest BCUT2D eigenvalue weighted by molar-refractivity contribution is 14.1. The van der Waals surface area contributed by atoms with Crippen LogP contribution < -0.4 is 0 Å². The number of hydrogen-bond acceptors (Lipinski definition) is 2. The van der Waals surface area contributed by atoms with Crippen molar-refractivity contribution in [2.75, 3.05) is 0 Å². The molecule has 0 saturated heterocycles. The van der Waals surface area contributed by atoms with E-state index in [1.165, 1.54) is 0 Å². The number of rotatable bonds is 3. The van der Waals surface area contributed by atoms with Crippen LogP contribution in [-0.4, -0.2) is 15.0 Å². The SMILES string of the molecule is CC(C)Cc1cn(C(C)I)nn1. The summed E-state index contributed by atoms with van der Waals surface area (Å²) in [4.78, 5) is 0. The molecule has 3 nitrogen and oxygen atoms in total. The number of halogens is 1. The maximum atomic E-state index is 4.09. The second-order valence-electron chi connectivity index (χ2n) is 3.36. The molecule has 0 aliphatic carbocycles. The molecule has 1 aromatic heterocycles. The quantitative estimate of drug-likeness (QED) is 0.628. The summed E-state index contributed by atoms with van der Waals surface area (Å²) in [5, 5.41) is 8.11. The van der Waals surface area contributed by atoms with Gasteiger partial charge in [0.1, 0.15) is 4.05 Å². The van der Waals surface area contributed by atoms with Crippen molar-refractivity contribution in [2.45, 2.75) is 31.2 Å². The Morgan fingerprint density at radius 3 is 2.58 bits per heavy atom. The molecule has 0 aliphatic rings. The Labute approximate surface area is 86.7 Å². The van der Waals surface area contributed by atoms with Crippen LogP contribution in [0.5, 0.6) is 0 Å². The lowest BCUT2D eigenvalue weighted by Crippen LogP contribution is -1.97. The molecule has 0 N–H and O–H groups in total. The summed E-state index contributed by atoms with van der Waals surface area (Å²) in [5.41, 5.74) is 1.09. The van der Waals surface area contributed by atoms with Crippen molar-refractivity contribution < 1.29 is 0 Å². The number of aromatic nitrogens is 3. The highest BCUT2D eigenvalue weighted by Crippen LogP contribution is 2.13. The van der Waals surface area contributed by atoms with E-state index in [0.717, 1.165) is 12.1 Å². The minimum atomic E-state index is 0.385. The Bertz CT molecular complexity index is 242. The van der Waals surface area contributed by atoms with E-state index in [9.17, 15) is 0 Å². The van der Waals surface area contributed by atoms with Crippen molar-refractivity contribution in [2.24, 2.45) is 5.92 Å². The van der Waals surface area contributed by atoms with Gasteiger partial charge in [-0.15, -0.1) is 5.10 Å². The van der Waals surface area contributed by atoms with Gasteiger partial charge in [0.15, 0.2) is 0 Å². The van der Waals surface area contributed by atoms with Gasteiger partial charge in [-0.2, -0.15) is 0 Å². The van der Waals surface area contributed by atoms with E-state index < -0.39 is 0 Å². The summed E-state index contributed by atoms with van der Waals surface area (Å²) in [6.07, 6.45) is 3.04. The Morgan fingerprint density at radius 1 is 1.50 bits per heavy atom. The molecule has 0 aromatic carbocycles. The van der Waals surface area contributed by atoms with Crippen molar-refractivity contribution in [3.63, 3.8) is 0 Å². The standard InChI is InChI=1S/C8H14IN3/c1-6(2)4-8-5-12(7(3)9)11-10-8/h5-7H,4H2,1-3H3. The van der Waals surface area contributed by atoms with E-state index in [0.29, 0.717) is 9.97 Å². The largest absolute Gasteiger partial charge is 0.240 e. The predicted molar refractivity (Wildman–Crippen MR) is 57.3 cm³/mol. The van der Waals surface area contributed by atoms with Gasteiger partial charge in [0, 0.05) is 6.20 Å². The maximum Gasteiger partial charge on any atom is 0.102 e. The van der Waals surface area contributed by atoms with Crippen LogP contribution in [-0.2, 0) is 6.42 Å². The molecule has 0 saturated carbocycles. The highest BCUT2D eigenvalue weighted by Gasteiger charge is 2.05. The Morgan fingerprint density at radius 2 is 2.17 bits per heavy atom. The molecule has 4 heteroatoms. The van der Waals surface area contributed by atoms with E-state index >= 15 is 0 Å². The fraction of sp³-hybridized carbons (Fsp3) is 0.750. The molecule has 1 aromatic rings. The van der Waals surface area contributed by atoms with Crippen molar-refractivity contribution in [3.05, 3.63) is 11.9 Å². The lowest BCUT2D eigenvalue weighted by Gasteiger charge is -2.00.